The third kappa shape index (κ3) is 6.22. The van der Waals surface area contributed by atoms with Gasteiger partial charge in [0, 0.05) is 6.54 Å². The Morgan fingerprint density at radius 3 is 2.29 bits per heavy atom. The molecule has 0 aliphatic carbocycles. The van der Waals surface area contributed by atoms with Crippen molar-refractivity contribution in [3.63, 3.8) is 0 Å². The molecule has 1 unspecified atom stereocenters. The van der Waals surface area contributed by atoms with Crippen LogP contribution in [0.3, 0.4) is 0 Å². The molecule has 4 heteroatoms. The lowest BCUT2D eigenvalue weighted by atomic mass is 10.2. The molecule has 1 atom stereocenters. The van der Waals surface area contributed by atoms with Gasteiger partial charge < -0.3 is 5.73 Å². The minimum Gasteiger partial charge on any atom is -0.316 e. The molecule has 0 heterocycles. The van der Waals surface area contributed by atoms with Gasteiger partial charge in [0.25, 0.3) is 0 Å². The zero-order valence-electron chi connectivity index (χ0n) is 8.27. The van der Waals surface area contributed by atoms with Crippen LogP contribution in [0.1, 0.15) is 18.9 Å². The van der Waals surface area contributed by atoms with Crippen molar-refractivity contribution in [3.8, 4) is 0 Å². The molecular formula is C10H18Cl2N2. The van der Waals surface area contributed by atoms with Crippen molar-refractivity contribution >= 4 is 24.8 Å². The molecule has 14 heavy (non-hydrogen) atoms. The van der Waals surface area contributed by atoms with Gasteiger partial charge in [0.1, 0.15) is 0 Å². The zero-order valence-corrected chi connectivity index (χ0v) is 9.91. The highest BCUT2D eigenvalue weighted by molar-refractivity contribution is 5.85. The van der Waals surface area contributed by atoms with Crippen molar-refractivity contribution in [3.05, 3.63) is 35.9 Å². The Kier molecular flexibility index (Phi) is 10.7. The van der Waals surface area contributed by atoms with E-state index in [1.165, 1.54) is 5.56 Å². The highest BCUT2D eigenvalue weighted by atomic mass is 35.5. The van der Waals surface area contributed by atoms with Crippen LogP contribution >= 0.6 is 24.8 Å². The molecule has 0 aromatic heterocycles. The first kappa shape index (κ1) is 16.2. The van der Waals surface area contributed by atoms with E-state index < -0.39 is 0 Å². The van der Waals surface area contributed by atoms with Crippen LogP contribution in [-0.2, 0) is 6.54 Å². The van der Waals surface area contributed by atoms with Gasteiger partial charge in [-0.1, -0.05) is 37.3 Å². The second-order valence-corrected chi connectivity index (χ2v) is 2.88. The first-order chi connectivity index (χ1) is 5.83. The number of benzene rings is 1. The van der Waals surface area contributed by atoms with Crippen LogP contribution in [0.4, 0.5) is 0 Å². The standard InChI is InChI=1S/C10H16N2.2ClH/c1-2-10(11)12-8-9-6-4-3-5-7-9;;/h3-7,10,12H,2,8,11H2,1H3;2*1H. The lowest BCUT2D eigenvalue weighted by Crippen LogP contribution is -2.35. The fourth-order valence-corrected chi connectivity index (χ4v) is 0.989. The van der Waals surface area contributed by atoms with Gasteiger partial charge in [-0.15, -0.1) is 24.8 Å². The van der Waals surface area contributed by atoms with E-state index in [4.69, 9.17) is 5.73 Å². The first-order valence-corrected chi connectivity index (χ1v) is 4.36. The van der Waals surface area contributed by atoms with Gasteiger partial charge in [0.05, 0.1) is 6.17 Å². The summed E-state index contributed by atoms with van der Waals surface area (Å²) >= 11 is 0. The number of hydrogen-bond donors (Lipinski definition) is 2. The molecule has 0 aliphatic rings. The summed E-state index contributed by atoms with van der Waals surface area (Å²) in [7, 11) is 0. The fourth-order valence-electron chi connectivity index (χ4n) is 0.989. The molecule has 0 radical (unpaired) electrons. The van der Waals surface area contributed by atoms with Crippen LogP contribution in [0.2, 0.25) is 0 Å². The molecule has 1 aromatic rings. The molecule has 3 N–H and O–H groups in total. The summed E-state index contributed by atoms with van der Waals surface area (Å²) in [4.78, 5) is 0. The summed E-state index contributed by atoms with van der Waals surface area (Å²) in [5, 5.41) is 3.23. The third-order valence-electron chi connectivity index (χ3n) is 1.85. The SMILES string of the molecule is CCC(N)NCc1ccccc1.Cl.Cl. The van der Waals surface area contributed by atoms with E-state index in [-0.39, 0.29) is 31.0 Å². The lowest BCUT2D eigenvalue weighted by Gasteiger charge is -2.10. The molecule has 1 aromatic carbocycles. The average Bonchev–Trinajstić information content (AvgIpc) is 2.16. The van der Waals surface area contributed by atoms with Crippen molar-refractivity contribution < 1.29 is 0 Å². The van der Waals surface area contributed by atoms with E-state index in [0.29, 0.717) is 0 Å². The summed E-state index contributed by atoms with van der Waals surface area (Å²) in [6, 6.07) is 10.3. The zero-order chi connectivity index (χ0) is 8.81. The van der Waals surface area contributed by atoms with E-state index in [2.05, 4.69) is 24.4 Å². The van der Waals surface area contributed by atoms with Crippen LogP contribution in [0.5, 0.6) is 0 Å². The van der Waals surface area contributed by atoms with E-state index in [1.54, 1.807) is 0 Å². The van der Waals surface area contributed by atoms with Crippen molar-refractivity contribution in [2.24, 2.45) is 5.73 Å². The second-order valence-electron chi connectivity index (χ2n) is 2.88. The number of hydrogen-bond acceptors (Lipinski definition) is 2. The largest absolute Gasteiger partial charge is 0.316 e. The minimum absolute atomic E-state index is 0. The van der Waals surface area contributed by atoms with Gasteiger partial charge in [-0.2, -0.15) is 0 Å². The number of nitrogens with one attached hydrogen (secondary N) is 1. The van der Waals surface area contributed by atoms with Gasteiger partial charge in [0.2, 0.25) is 0 Å². The molecular weight excluding hydrogens is 219 g/mol. The van der Waals surface area contributed by atoms with E-state index in [9.17, 15) is 0 Å². The Bertz CT molecular complexity index is 217. The second kappa shape index (κ2) is 9.28. The smallest absolute Gasteiger partial charge is 0.0546 e. The maximum Gasteiger partial charge on any atom is 0.0546 e. The number of halogens is 2. The van der Waals surface area contributed by atoms with E-state index in [0.717, 1.165) is 13.0 Å². The van der Waals surface area contributed by atoms with Gasteiger partial charge >= 0.3 is 0 Å². The molecule has 0 bridgehead atoms. The molecule has 1 rings (SSSR count). The van der Waals surface area contributed by atoms with Gasteiger partial charge in [-0.3, -0.25) is 5.32 Å². The Labute approximate surface area is 98.1 Å². The summed E-state index contributed by atoms with van der Waals surface area (Å²) in [6.45, 7) is 2.93. The van der Waals surface area contributed by atoms with Crippen molar-refractivity contribution in [1.29, 1.82) is 0 Å². The molecule has 82 valence electrons. The maximum atomic E-state index is 5.71. The monoisotopic (exact) mass is 236 g/mol. The summed E-state index contributed by atoms with van der Waals surface area (Å²) in [5.74, 6) is 0. The third-order valence-corrected chi connectivity index (χ3v) is 1.85. The predicted molar refractivity (Wildman–Crippen MR) is 66.0 cm³/mol. The van der Waals surface area contributed by atoms with E-state index in [1.807, 2.05) is 18.2 Å². The lowest BCUT2D eigenvalue weighted by molar-refractivity contribution is 0.513. The Hall–Kier alpha value is -0.280. The predicted octanol–water partition coefficient (Wildman–Crippen LogP) is 2.31. The number of nitrogens with two attached hydrogens (primary N) is 1. The molecule has 0 saturated carbocycles. The van der Waals surface area contributed by atoms with Gasteiger partial charge in [0.15, 0.2) is 0 Å². The Balaban J connectivity index is 0. The summed E-state index contributed by atoms with van der Waals surface area (Å²) in [5.41, 5.74) is 6.99. The Morgan fingerprint density at radius 2 is 1.79 bits per heavy atom. The van der Waals surface area contributed by atoms with Crippen LogP contribution < -0.4 is 11.1 Å². The highest BCUT2D eigenvalue weighted by Crippen LogP contribution is 1.97. The van der Waals surface area contributed by atoms with Crippen molar-refractivity contribution in [2.45, 2.75) is 26.1 Å². The molecule has 0 spiro atoms. The first-order valence-electron chi connectivity index (χ1n) is 4.36. The van der Waals surface area contributed by atoms with Crippen LogP contribution in [0.15, 0.2) is 30.3 Å². The number of rotatable bonds is 4. The minimum atomic E-state index is 0. The molecule has 0 saturated heterocycles. The summed E-state index contributed by atoms with van der Waals surface area (Å²) < 4.78 is 0. The van der Waals surface area contributed by atoms with Crippen LogP contribution in [0.25, 0.3) is 0 Å². The highest BCUT2D eigenvalue weighted by Gasteiger charge is 1.96. The molecule has 0 amide bonds. The van der Waals surface area contributed by atoms with Gasteiger partial charge in [-0.25, -0.2) is 0 Å². The van der Waals surface area contributed by atoms with Crippen LogP contribution in [0, 0.1) is 0 Å². The van der Waals surface area contributed by atoms with Crippen molar-refractivity contribution in [1.82, 2.24) is 5.32 Å². The molecule has 0 aliphatic heterocycles. The van der Waals surface area contributed by atoms with Gasteiger partial charge in [-0.05, 0) is 12.0 Å². The van der Waals surface area contributed by atoms with E-state index >= 15 is 0 Å². The average molecular weight is 237 g/mol. The molecule has 0 fully saturated rings. The quantitative estimate of drug-likeness (QED) is 0.788. The normalized spacial score (nSPS) is 11.0. The van der Waals surface area contributed by atoms with Crippen molar-refractivity contribution in [2.75, 3.05) is 0 Å². The maximum absolute atomic E-state index is 5.71. The molecule has 2 nitrogen and oxygen atoms in total. The van der Waals surface area contributed by atoms with Crippen LogP contribution in [-0.4, -0.2) is 6.17 Å². The summed E-state index contributed by atoms with van der Waals surface area (Å²) in [6.07, 6.45) is 1.08. The Morgan fingerprint density at radius 1 is 1.21 bits per heavy atom. The topological polar surface area (TPSA) is 38.0 Å². The fraction of sp³-hybridized carbons (Fsp3) is 0.400.